The van der Waals surface area contributed by atoms with Gasteiger partial charge in [0, 0.05) is 63.7 Å². The van der Waals surface area contributed by atoms with Crippen LogP contribution in [0.15, 0.2) is 48.2 Å². The zero-order valence-electron chi connectivity index (χ0n) is 19.8. The molecule has 2 fully saturated rings. The van der Waals surface area contributed by atoms with Crippen molar-refractivity contribution >= 4 is 17.7 Å². The van der Waals surface area contributed by atoms with E-state index >= 15 is 0 Å². The molecule has 1 atom stereocenters. The summed E-state index contributed by atoms with van der Waals surface area (Å²) in [5.74, 6) is 0.403. The van der Waals surface area contributed by atoms with E-state index in [1.54, 1.807) is 0 Å². The van der Waals surface area contributed by atoms with E-state index < -0.39 is 0 Å². The third-order valence-electron chi connectivity index (χ3n) is 6.72. The zero-order valence-corrected chi connectivity index (χ0v) is 19.8. The van der Waals surface area contributed by atoms with E-state index in [1.807, 2.05) is 28.0 Å². The Kier molecular flexibility index (Phi) is 7.67. The van der Waals surface area contributed by atoms with Gasteiger partial charge in [0.15, 0.2) is 0 Å². The van der Waals surface area contributed by atoms with E-state index in [0.29, 0.717) is 5.92 Å². The van der Waals surface area contributed by atoms with Crippen LogP contribution in [0, 0.1) is 5.92 Å². The number of carbonyl (C=O) groups is 2. The van der Waals surface area contributed by atoms with Crippen molar-refractivity contribution < 1.29 is 9.59 Å². The number of amides is 4. The standard InChI is InChI=1S/C25H36N6O2/c1-28-11-15-30(16-12-28)24(32)26-22-7-3-20(4-8-22)19-21-5-9-23(10-6-21)27-25(33)31-17-13-29(2)14-18-31/h3-5,7-10,21H,6,11-19H2,1-2H3,(H,26,32)(H,27,33). The summed E-state index contributed by atoms with van der Waals surface area (Å²) in [6.45, 7) is 6.74. The van der Waals surface area contributed by atoms with Crippen LogP contribution in [-0.2, 0) is 6.42 Å². The maximum atomic E-state index is 12.5. The highest BCUT2D eigenvalue weighted by atomic mass is 16.2. The number of likely N-dealkylation sites (N-methyl/N-ethyl adjacent to an activating group) is 2. The first kappa shape index (κ1) is 23.3. The van der Waals surface area contributed by atoms with E-state index in [0.717, 1.165) is 76.6 Å². The second-order valence-corrected chi connectivity index (χ2v) is 9.36. The molecule has 4 rings (SSSR count). The number of urea groups is 2. The van der Waals surface area contributed by atoms with E-state index in [-0.39, 0.29) is 12.1 Å². The molecule has 2 N–H and O–H groups in total. The summed E-state index contributed by atoms with van der Waals surface area (Å²) in [5.41, 5.74) is 2.95. The Hall–Kier alpha value is -2.84. The summed E-state index contributed by atoms with van der Waals surface area (Å²) in [6.07, 6.45) is 8.15. The average Bonchev–Trinajstić information content (AvgIpc) is 2.82. The summed E-state index contributed by atoms with van der Waals surface area (Å²) in [5, 5.41) is 6.05. The number of piperazine rings is 2. The largest absolute Gasteiger partial charge is 0.322 e. The average molecular weight is 453 g/mol. The van der Waals surface area contributed by atoms with E-state index in [2.05, 4.69) is 58.8 Å². The molecule has 0 saturated carbocycles. The Balaban J connectivity index is 1.21. The van der Waals surface area contributed by atoms with Gasteiger partial charge in [-0.2, -0.15) is 0 Å². The molecule has 178 valence electrons. The van der Waals surface area contributed by atoms with Gasteiger partial charge in [0.05, 0.1) is 0 Å². The fourth-order valence-electron chi connectivity index (χ4n) is 4.36. The van der Waals surface area contributed by atoms with Gasteiger partial charge >= 0.3 is 12.1 Å². The number of carbonyl (C=O) groups excluding carboxylic acids is 2. The first-order chi connectivity index (χ1) is 16.0. The van der Waals surface area contributed by atoms with Crippen LogP contribution >= 0.6 is 0 Å². The molecule has 2 saturated heterocycles. The van der Waals surface area contributed by atoms with Gasteiger partial charge in [-0.05, 0) is 56.6 Å². The molecule has 0 bridgehead atoms. The van der Waals surface area contributed by atoms with Crippen molar-refractivity contribution in [1.82, 2.24) is 24.9 Å². The van der Waals surface area contributed by atoms with Crippen LogP contribution in [0.1, 0.15) is 12.0 Å². The summed E-state index contributed by atoms with van der Waals surface area (Å²) in [7, 11) is 4.16. The Bertz CT molecular complexity index is 881. The molecule has 1 aromatic carbocycles. The number of rotatable bonds is 4. The van der Waals surface area contributed by atoms with Crippen LogP contribution in [0.4, 0.5) is 15.3 Å². The summed E-state index contributed by atoms with van der Waals surface area (Å²) in [4.78, 5) is 33.1. The molecule has 2 heterocycles. The second kappa shape index (κ2) is 10.9. The third kappa shape index (κ3) is 6.58. The molecule has 0 radical (unpaired) electrons. The van der Waals surface area contributed by atoms with Crippen molar-refractivity contribution in [2.75, 3.05) is 71.8 Å². The van der Waals surface area contributed by atoms with Gasteiger partial charge in [-0.25, -0.2) is 9.59 Å². The lowest BCUT2D eigenvalue weighted by Gasteiger charge is -2.32. The third-order valence-corrected chi connectivity index (χ3v) is 6.72. The van der Waals surface area contributed by atoms with E-state index in [9.17, 15) is 9.59 Å². The molecule has 33 heavy (non-hydrogen) atoms. The van der Waals surface area contributed by atoms with Crippen LogP contribution in [0.3, 0.4) is 0 Å². The summed E-state index contributed by atoms with van der Waals surface area (Å²) >= 11 is 0. The SMILES string of the molecule is CN1CCN(C(=O)NC2=CCC(Cc3ccc(NC(=O)N4CCN(C)CC4)cc3)C=C2)CC1. The lowest BCUT2D eigenvalue weighted by molar-refractivity contribution is 0.156. The molecular formula is C25H36N6O2. The predicted molar refractivity (Wildman–Crippen MR) is 131 cm³/mol. The predicted octanol–water partition coefficient (Wildman–Crippen LogP) is 2.43. The van der Waals surface area contributed by atoms with Crippen molar-refractivity contribution in [3.8, 4) is 0 Å². The molecule has 2 aliphatic heterocycles. The second-order valence-electron chi connectivity index (χ2n) is 9.36. The molecule has 1 aromatic rings. The quantitative estimate of drug-likeness (QED) is 0.736. The highest BCUT2D eigenvalue weighted by Crippen LogP contribution is 2.21. The van der Waals surface area contributed by atoms with Crippen LogP contribution in [-0.4, -0.2) is 98.1 Å². The molecule has 0 spiro atoms. The normalized spacial score (nSPS) is 22.1. The van der Waals surface area contributed by atoms with Crippen molar-refractivity contribution in [2.45, 2.75) is 12.8 Å². The Morgan fingerprint density at radius 3 is 1.88 bits per heavy atom. The van der Waals surface area contributed by atoms with Crippen LogP contribution < -0.4 is 10.6 Å². The van der Waals surface area contributed by atoms with E-state index in [1.165, 1.54) is 5.56 Å². The lowest BCUT2D eigenvalue weighted by Crippen LogP contribution is -2.50. The van der Waals surface area contributed by atoms with Crippen molar-refractivity contribution in [2.24, 2.45) is 5.92 Å². The Morgan fingerprint density at radius 2 is 1.36 bits per heavy atom. The van der Waals surface area contributed by atoms with Gasteiger partial charge in [-0.15, -0.1) is 0 Å². The highest BCUT2D eigenvalue weighted by Gasteiger charge is 2.21. The number of nitrogens with one attached hydrogen (secondary N) is 2. The van der Waals surface area contributed by atoms with Gasteiger partial charge in [0.25, 0.3) is 0 Å². The monoisotopic (exact) mass is 452 g/mol. The molecule has 4 amide bonds. The van der Waals surface area contributed by atoms with Gasteiger partial charge < -0.3 is 30.2 Å². The molecular weight excluding hydrogens is 416 g/mol. The number of nitrogens with zero attached hydrogens (tertiary/aromatic N) is 4. The zero-order chi connectivity index (χ0) is 23.2. The summed E-state index contributed by atoms with van der Waals surface area (Å²) in [6, 6.07) is 8.10. The molecule has 1 aliphatic carbocycles. The Labute approximate surface area is 196 Å². The van der Waals surface area contributed by atoms with Crippen molar-refractivity contribution in [3.63, 3.8) is 0 Å². The minimum absolute atomic E-state index is 0.00772. The van der Waals surface area contributed by atoms with E-state index in [4.69, 9.17) is 0 Å². The van der Waals surface area contributed by atoms with Crippen LogP contribution in [0.5, 0.6) is 0 Å². The molecule has 3 aliphatic rings. The fraction of sp³-hybridized carbons (Fsp3) is 0.520. The van der Waals surface area contributed by atoms with Crippen LogP contribution in [0.2, 0.25) is 0 Å². The van der Waals surface area contributed by atoms with Gasteiger partial charge in [-0.3, -0.25) is 0 Å². The highest BCUT2D eigenvalue weighted by molar-refractivity contribution is 5.89. The Morgan fingerprint density at radius 1 is 0.818 bits per heavy atom. The van der Waals surface area contributed by atoms with Crippen LogP contribution in [0.25, 0.3) is 0 Å². The van der Waals surface area contributed by atoms with Crippen molar-refractivity contribution in [3.05, 3.63) is 53.8 Å². The smallest absolute Gasteiger partial charge is 0.321 e. The number of allylic oxidation sites excluding steroid dienone is 3. The summed E-state index contributed by atoms with van der Waals surface area (Å²) < 4.78 is 0. The number of hydrogen-bond acceptors (Lipinski definition) is 4. The number of hydrogen-bond donors (Lipinski definition) is 2. The molecule has 8 nitrogen and oxygen atoms in total. The maximum Gasteiger partial charge on any atom is 0.321 e. The number of benzene rings is 1. The maximum absolute atomic E-state index is 12.5. The number of anilines is 1. The van der Waals surface area contributed by atoms with Gasteiger partial charge in [0.1, 0.15) is 0 Å². The minimum atomic E-state index is -0.0256. The van der Waals surface area contributed by atoms with Gasteiger partial charge in [0.2, 0.25) is 0 Å². The molecule has 1 unspecified atom stereocenters. The lowest BCUT2D eigenvalue weighted by atomic mass is 9.92. The van der Waals surface area contributed by atoms with Crippen molar-refractivity contribution in [1.29, 1.82) is 0 Å². The fourth-order valence-corrected chi connectivity index (χ4v) is 4.36. The molecule has 0 aromatic heterocycles. The first-order valence-electron chi connectivity index (χ1n) is 11.9. The minimum Gasteiger partial charge on any atom is -0.322 e. The topological polar surface area (TPSA) is 71.2 Å². The molecule has 8 heteroatoms. The van der Waals surface area contributed by atoms with Gasteiger partial charge in [-0.1, -0.05) is 24.3 Å². The first-order valence-corrected chi connectivity index (χ1v) is 11.9.